The van der Waals surface area contributed by atoms with Crippen molar-refractivity contribution < 1.29 is 4.42 Å². The number of nitrogens with zero attached hydrogens (tertiary/aromatic N) is 3. The van der Waals surface area contributed by atoms with E-state index in [1.54, 1.807) is 0 Å². The van der Waals surface area contributed by atoms with Crippen LogP contribution in [-0.2, 0) is 32.5 Å². The molecule has 7 aromatic carbocycles. The third kappa shape index (κ3) is 8.36. The first-order valence-electron chi connectivity index (χ1n) is 28.8. The van der Waals surface area contributed by atoms with Crippen molar-refractivity contribution in [3.63, 3.8) is 0 Å². The molecular weight excluding hydrogens is 950 g/mol. The second-order valence-electron chi connectivity index (χ2n) is 29.3. The molecule has 4 nitrogen and oxygen atoms in total. The SMILES string of the molecule is CC(C)(C)c1ccc(N2c3ccc(C(C)(C)C)cc3B3c4oc5cc6c(cc5c4N(c4ccc5c(c4)C(C)(C)CCC5(C)C)c4cc(N(c5ccccc5)c5ccc([Si](C)(C)C)cc5)cc2c43)C(C)(C)CCC6(C)C)cc1. The Bertz CT molecular complexity index is 3650. The Morgan fingerprint density at radius 2 is 1.00 bits per heavy atom. The quantitative estimate of drug-likeness (QED) is 0.155. The molecule has 3 heterocycles. The molecule has 0 saturated heterocycles. The number of rotatable bonds is 6. The maximum absolute atomic E-state index is 7.77. The van der Waals surface area contributed by atoms with Crippen molar-refractivity contribution >= 4 is 98.7 Å². The highest BCUT2D eigenvalue weighted by Crippen LogP contribution is 2.55. The van der Waals surface area contributed by atoms with Gasteiger partial charge in [0.15, 0.2) is 0 Å². The number of benzene rings is 7. The molecule has 394 valence electrons. The molecule has 0 N–H and O–H groups in total. The lowest BCUT2D eigenvalue weighted by molar-refractivity contribution is 0.332. The molecule has 6 heteroatoms. The van der Waals surface area contributed by atoms with Crippen molar-refractivity contribution in [2.45, 2.75) is 175 Å². The zero-order valence-electron chi connectivity index (χ0n) is 49.4. The van der Waals surface area contributed by atoms with Crippen LogP contribution in [0.1, 0.15) is 156 Å². The Morgan fingerprint density at radius 3 is 1.58 bits per heavy atom. The molecule has 0 spiro atoms. The van der Waals surface area contributed by atoms with Crippen molar-refractivity contribution in [3.05, 3.63) is 173 Å². The zero-order valence-corrected chi connectivity index (χ0v) is 50.4. The summed E-state index contributed by atoms with van der Waals surface area (Å²) in [5.74, 6) is 0. The van der Waals surface area contributed by atoms with Gasteiger partial charge in [0.2, 0.25) is 0 Å². The highest BCUT2D eigenvalue weighted by atomic mass is 28.3. The standard InChI is InChI=1S/C71H82BN3OSi/c1-66(2,3)45-23-26-49(27-24-45)74-59-34-25-46(67(4,5)6)39-58(59)72-63-60(74)41-51(73(47-21-19-18-20-22-47)48-28-31-52(32-29-48)77(15,16)17)42-61(63)75(50-30-33-54-55(40-50)69(9,10)36-35-68(54,7)8)64-53-43-56-57(44-62(53)76-65(64)72)71(13,14)38-37-70(56,11)12/h18-34,39-44H,35-38H2,1-17H3. The summed E-state index contributed by atoms with van der Waals surface area (Å²) in [6, 6.07) is 54.8. The van der Waals surface area contributed by atoms with Crippen LogP contribution in [0.15, 0.2) is 144 Å². The van der Waals surface area contributed by atoms with Gasteiger partial charge in [0.1, 0.15) is 5.58 Å². The van der Waals surface area contributed by atoms with Gasteiger partial charge in [-0.25, -0.2) is 0 Å². The predicted octanol–water partition coefficient (Wildman–Crippen LogP) is 17.8. The molecule has 12 rings (SSSR count). The summed E-state index contributed by atoms with van der Waals surface area (Å²) in [6.07, 6.45) is 4.58. The number of furan rings is 1. The lowest BCUT2D eigenvalue weighted by Crippen LogP contribution is -2.61. The van der Waals surface area contributed by atoms with E-state index in [-0.39, 0.29) is 39.2 Å². The monoisotopic (exact) mass is 1030 g/mol. The molecule has 0 radical (unpaired) electrons. The van der Waals surface area contributed by atoms with E-state index in [0.717, 1.165) is 65.4 Å². The summed E-state index contributed by atoms with van der Waals surface area (Å²) in [6.45, 7) is 40.7. The molecular formula is C71H82BN3OSi. The van der Waals surface area contributed by atoms with Crippen LogP contribution in [0.5, 0.6) is 0 Å². The van der Waals surface area contributed by atoms with Crippen LogP contribution >= 0.6 is 0 Å². The molecule has 2 aliphatic heterocycles. The Labute approximate surface area is 463 Å². The van der Waals surface area contributed by atoms with Gasteiger partial charge in [0.25, 0.3) is 6.71 Å². The molecule has 0 saturated carbocycles. The van der Waals surface area contributed by atoms with Crippen molar-refractivity contribution in [2.75, 3.05) is 14.7 Å². The van der Waals surface area contributed by atoms with Crippen molar-refractivity contribution in [3.8, 4) is 0 Å². The van der Waals surface area contributed by atoms with E-state index < -0.39 is 8.07 Å². The topological polar surface area (TPSA) is 22.9 Å². The minimum atomic E-state index is -1.59. The lowest BCUT2D eigenvalue weighted by atomic mass is 9.35. The van der Waals surface area contributed by atoms with Crippen LogP contribution in [0.3, 0.4) is 0 Å². The van der Waals surface area contributed by atoms with Gasteiger partial charge in [-0.05, 0) is 181 Å². The normalized spacial score (nSPS) is 17.8. The van der Waals surface area contributed by atoms with Gasteiger partial charge in [-0.1, -0.05) is 182 Å². The molecule has 1 aromatic heterocycles. The van der Waals surface area contributed by atoms with Crippen molar-refractivity contribution in [1.82, 2.24) is 0 Å². The van der Waals surface area contributed by atoms with Crippen LogP contribution in [0.25, 0.3) is 11.0 Å². The van der Waals surface area contributed by atoms with Crippen LogP contribution in [0.4, 0.5) is 51.2 Å². The minimum Gasteiger partial charge on any atom is -0.468 e. The molecule has 0 fully saturated rings. The van der Waals surface area contributed by atoms with Crippen LogP contribution in [0.2, 0.25) is 19.6 Å². The van der Waals surface area contributed by atoms with Gasteiger partial charge in [-0.2, -0.15) is 0 Å². The number of para-hydroxylation sites is 1. The Morgan fingerprint density at radius 1 is 0.481 bits per heavy atom. The average molecular weight is 1030 g/mol. The van der Waals surface area contributed by atoms with E-state index in [0.29, 0.717) is 0 Å². The fourth-order valence-electron chi connectivity index (χ4n) is 13.6. The van der Waals surface area contributed by atoms with E-state index in [2.05, 4.69) is 271 Å². The summed E-state index contributed by atoms with van der Waals surface area (Å²) >= 11 is 0. The second-order valence-corrected chi connectivity index (χ2v) is 34.3. The number of hydrogen-bond acceptors (Lipinski definition) is 4. The molecule has 4 aliphatic rings. The van der Waals surface area contributed by atoms with E-state index >= 15 is 0 Å². The third-order valence-electron chi connectivity index (χ3n) is 18.8. The van der Waals surface area contributed by atoms with Gasteiger partial charge < -0.3 is 19.1 Å². The van der Waals surface area contributed by atoms with Crippen molar-refractivity contribution in [2.24, 2.45) is 0 Å². The first-order valence-corrected chi connectivity index (χ1v) is 32.3. The number of hydrogen-bond donors (Lipinski definition) is 0. The maximum Gasteiger partial charge on any atom is 0.297 e. The molecule has 0 unspecified atom stereocenters. The molecule has 2 aliphatic carbocycles. The minimum absolute atomic E-state index is 0.000924. The van der Waals surface area contributed by atoms with E-state index in [4.69, 9.17) is 4.42 Å². The van der Waals surface area contributed by atoms with Crippen LogP contribution < -0.4 is 36.5 Å². The first-order chi connectivity index (χ1) is 36.0. The lowest BCUT2D eigenvalue weighted by Gasteiger charge is -2.45. The van der Waals surface area contributed by atoms with Gasteiger partial charge in [0, 0.05) is 45.2 Å². The molecule has 0 amide bonds. The van der Waals surface area contributed by atoms with Crippen LogP contribution in [0, 0.1) is 0 Å². The molecule has 0 bridgehead atoms. The van der Waals surface area contributed by atoms with E-state index in [1.165, 1.54) is 77.6 Å². The summed E-state index contributed by atoms with van der Waals surface area (Å²) < 4.78 is 7.77. The summed E-state index contributed by atoms with van der Waals surface area (Å²) in [7, 11) is -1.59. The summed E-state index contributed by atoms with van der Waals surface area (Å²) in [5.41, 5.74) is 23.3. The van der Waals surface area contributed by atoms with Gasteiger partial charge in [-0.3, -0.25) is 0 Å². The third-order valence-corrected chi connectivity index (χ3v) is 20.9. The smallest absolute Gasteiger partial charge is 0.297 e. The fourth-order valence-corrected chi connectivity index (χ4v) is 14.8. The first kappa shape index (κ1) is 51.5. The van der Waals surface area contributed by atoms with E-state index in [9.17, 15) is 0 Å². The number of anilines is 9. The molecule has 8 aromatic rings. The Hall–Kier alpha value is -6.24. The Balaban J connectivity index is 1.25. The fraction of sp³-hybridized carbons (Fsp3) is 0.380. The van der Waals surface area contributed by atoms with Crippen molar-refractivity contribution in [1.29, 1.82) is 0 Å². The highest BCUT2D eigenvalue weighted by Gasteiger charge is 2.49. The number of fused-ring (bicyclic) bond motifs is 8. The van der Waals surface area contributed by atoms with Crippen LogP contribution in [-0.4, -0.2) is 14.8 Å². The van der Waals surface area contributed by atoms with Gasteiger partial charge in [-0.15, -0.1) is 0 Å². The summed E-state index contributed by atoms with van der Waals surface area (Å²) in [5, 5.41) is 2.64. The maximum atomic E-state index is 7.77. The van der Waals surface area contributed by atoms with Gasteiger partial charge in [0.05, 0.1) is 25.1 Å². The zero-order chi connectivity index (χ0) is 54.7. The summed E-state index contributed by atoms with van der Waals surface area (Å²) in [4.78, 5) is 7.74. The molecule has 0 atom stereocenters. The largest absolute Gasteiger partial charge is 0.468 e. The van der Waals surface area contributed by atoms with E-state index in [1.807, 2.05) is 0 Å². The molecule has 77 heavy (non-hydrogen) atoms. The second kappa shape index (κ2) is 17.1. The predicted molar refractivity (Wildman–Crippen MR) is 336 cm³/mol. The average Bonchev–Trinajstić information content (AvgIpc) is 3.75. The van der Waals surface area contributed by atoms with Gasteiger partial charge >= 0.3 is 0 Å². The Kier molecular flexibility index (Phi) is 11.5. The highest BCUT2D eigenvalue weighted by molar-refractivity contribution is 7.00.